The van der Waals surface area contributed by atoms with Crippen molar-refractivity contribution in [1.82, 2.24) is 15.4 Å². The first kappa shape index (κ1) is 23.4. The molecule has 36 heavy (non-hydrogen) atoms. The predicted molar refractivity (Wildman–Crippen MR) is 139 cm³/mol. The number of carbonyl (C=O) groups is 2. The number of nitrogens with one attached hydrogen (secondary N) is 1. The van der Waals surface area contributed by atoms with Gasteiger partial charge in [0.2, 0.25) is 5.91 Å². The van der Waals surface area contributed by atoms with E-state index in [9.17, 15) is 19.7 Å². The van der Waals surface area contributed by atoms with E-state index < -0.39 is 16.7 Å². The van der Waals surface area contributed by atoms with Crippen LogP contribution in [0.4, 0.5) is 5.69 Å². The molecule has 0 fully saturated rings. The van der Waals surface area contributed by atoms with E-state index in [0.717, 1.165) is 19.6 Å². The molecule has 0 radical (unpaired) electrons. The molecule has 2 heterocycles. The molecule has 178 valence electrons. The van der Waals surface area contributed by atoms with Gasteiger partial charge in [-0.05, 0) is 23.8 Å². The van der Waals surface area contributed by atoms with E-state index in [1.54, 1.807) is 30.3 Å². The topological polar surface area (TPSA) is 118 Å². The number of rotatable bonds is 7. The minimum atomic E-state index is -0.543. The number of carbonyl (C=O) groups excluding carboxylic acids is 2. The fraction of sp³-hybridized carbons (Fsp3) is 0.0400. The molecule has 0 spiro atoms. The standard InChI is InChI=1S/C25H17N5O4S2/c31-22(15-35-25-27-19-11-4-5-12-21(19)36-25)28-29-23(17-8-2-1-3-9-17)26-20(24(29)32)14-16-7-6-10-18(13-16)30(33)34/h1-14H,15H2,(H,28,31)/b20-14+. The van der Waals surface area contributed by atoms with Gasteiger partial charge < -0.3 is 0 Å². The minimum Gasteiger partial charge on any atom is -0.272 e. The van der Waals surface area contributed by atoms with Crippen LogP contribution in [0.2, 0.25) is 0 Å². The first-order valence-electron chi connectivity index (χ1n) is 10.7. The number of aromatic nitrogens is 1. The zero-order chi connectivity index (χ0) is 25.1. The first-order valence-corrected chi connectivity index (χ1v) is 12.5. The number of benzene rings is 3. The summed E-state index contributed by atoms with van der Waals surface area (Å²) in [6.07, 6.45) is 1.46. The van der Waals surface area contributed by atoms with Crippen molar-refractivity contribution in [2.75, 3.05) is 5.75 Å². The van der Waals surface area contributed by atoms with Crippen LogP contribution in [0.5, 0.6) is 0 Å². The number of amides is 2. The maximum atomic E-state index is 13.2. The third-order valence-electron chi connectivity index (χ3n) is 5.11. The number of nitro benzene ring substituents is 1. The van der Waals surface area contributed by atoms with E-state index in [-0.39, 0.29) is 23.0 Å². The highest BCUT2D eigenvalue weighted by atomic mass is 32.2. The van der Waals surface area contributed by atoms with Gasteiger partial charge in [0.15, 0.2) is 10.2 Å². The second-order valence-electron chi connectivity index (χ2n) is 7.59. The van der Waals surface area contributed by atoms with Gasteiger partial charge in [0.25, 0.3) is 11.6 Å². The summed E-state index contributed by atoms with van der Waals surface area (Å²) in [5, 5.41) is 12.2. The molecule has 0 unspecified atom stereocenters. The van der Waals surface area contributed by atoms with Crippen molar-refractivity contribution in [1.29, 1.82) is 0 Å². The highest BCUT2D eigenvalue weighted by Gasteiger charge is 2.32. The lowest BCUT2D eigenvalue weighted by molar-refractivity contribution is -0.384. The van der Waals surface area contributed by atoms with E-state index >= 15 is 0 Å². The zero-order valence-electron chi connectivity index (χ0n) is 18.5. The molecule has 9 nitrogen and oxygen atoms in total. The Balaban J connectivity index is 1.37. The number of fused-ring (bicyclic) bond motifs is 1. The minimum absolute atomic E-state index is 0.0495. The van der Waals surface area contributed by atoms with E-state index in [0.29, 0.717) is 11.1 Å². The van der Waals surface area contributed by atoms with Crippen LogP contribution < -0.4 is 5.43 Å². The zero-order valence-corrected chi connectivity index (χ0v) is 20.2. The number of aliphatic imine (C=N–C) groups is 1. The van der Waals surface area contributed by atoms with Gasteiger partial charge in [0.05, 0.1) is 20.9 Å². The summed E-state index contributed by atoms with van der Waals surface area (Å²) in [5.74, 6) is -0.627. The summed E-state index contributed by atoms with van der Waals surface area (Å²) in [4.78, 5) is 45.6. The normalized spacial score (nSPS) is 14.3. The van der Waals surface area contributed by atoms with E-state index in [4.69, 9.17) is 0 Å². The highest BCUT2D eigenvalue weighted by Crippen LogP contribution is 2.29. The average molecular weight is 516 g/mol. The van der Waals surface area contributed by atoms with Gasteiger partial charge in [0, 0.05) is 17.7 Å². The quantitative estimate of drug-likeness (QED) is 0.166. The fourth-order valence-corrected chi connectivity index (χ4v) is 5.35. The molecular formula is C25H17N5O4S2. The summed E-state index contributed by atoms with van der Waals surface area (Å²) in [6.45, 7) is 0. The number of non-ortho nitro benzene ring substituents is 1. The molecule has 1 aliphatic rings. The molecule has 5 rings (SSSR count). The summed E-state index contributed by atoms with van der Waals surface area (Å²) in [7, 11) is 0. The highest BCUT2D eigenvalue weighted by molar-refractivity contribution is 8.01. The molecule has 4 aromatic rings. The number of thioether (sulfide) groups is 1. The predicted octanol–water partition coefficient (Wildman–Crippen LogP) is 4.66. The molecule has 2 amide bonds. The maximum absolute atomic E-state index is 13.2. The number of hydrazine groups is 1. The Kier molecular flexibility index (Phi) is 6.56. The van der Waals surface area contributed by atoms with Crippen LogP contribution in [0.1, 0.15) is 11.1 Å². The van der Waals surface area contributed by atoms with E-state index in [2.05, 4.69) is 15.4 Å². The molecule has 0 bridgehead atoms. The summed E-state index contributed by atoms with van der Waals surface area (Å²) >= 11 is 2.78. The average Bonchev–Trinajstić information content (AvgIpc) is 3.44. The number of thiazole rings is 1. The smallest absolute Gasteiger partial charge is 0.272 e. The third-order valence-corrected chi connectivity index (χ3v) is 7.29. The Bertz CT molecular complexity index is 1520. The Labute approximate surface area is 213 Å². The molecule has 11 heteroatoms. The van der Waals surface area contributed by atoms with Crippen molar-refractivity contribution in [3.63, 3.8) is 0 Å². The van der Waals surface area contributed by atoms with Crippen molar-refractivity contribution in [2.24, 2.45) is 4.99 Å². The first-order chi connectivity index (χ1) is 17.5. The molecule has 0 aliphatic carbocycles. The van der Waals surface area contributed by atoms with Crippen LogP contribution in [0.25, 0.3) is 16.3 Å². The Morgan fingerprint density at radius 1 is 1.08 bits per heavy atom. The Hall–Kier alpha value is -4.35. The molecule has 1 N–H and O–H groups in total. The third kappa shape index (κ3) is 5.02. The van der Waals surface area contributed by atoms with Crippen LogP contribution in [0, 0.1) is 10.1 Å². The van der Waals surface area contributed by atoms with Crippen molar-refractivity contribution in [3.05, 3.63) is 106 Å². The van der Waals surface area contributed by atoms with Gasteiger partial charge in [-0.2, -0.15) is 5.01 Å². The summed E-state index contributed by atoms with van der Waals surface area (Å²) < 4.78 is 1.78. The van der Waals surface area contributed by atoms with Gasteiger partial charge in [-0.1, -0.05) is 66.4 Å². The monoisotopic (exact) mass is 515 g/mol. The van der Waals surface area contributed by atoms with E-state index in [1.807, 2.05) is 30.3 Å². The van der Waals surface area contributed by atoms with Gasteiger partial charge in [-0.15, -0.1) is 11.3 Å². The van der Waals surface area contributed by atoms with E-state index in [1.165, 1.54) is 47.4 Å². The molecular weight excluding hydrogens is 498 g/mol. The molecule has 0 saturated heterocycles. The number of hydrogen-bond acceptors (Lipinski definition) is 8. The Morgan fingerprint density at radius 3 is 2.64 bits per heavy atom. The molecule has 0 saturated carbocycles. The molecule has 1 aliphatic heterocycles. The number of hydrogen-bond donors (Lipinski definition) is 1. The van der Waals surface area contributed by atoms with Crippen LogP contribution in [0.3, 0.4) is 0 Å². The Morgan fingerprint density at radius 2 is 1.86 bits per heavy atom. The number of para-hydroxylation sites is 1. The fourth-order valence-electron chi connectivity index (χ4n) is 3.48. The van der Waals surface area contributed by atoms with Gasteiger partial charge in [-0.3, -0.25) is 25.1 Å². The second kappa shape index (κ2) is 10.1. The number of amidine groups is 1. The lowest BCUT2D eigenvalue weighted by Crippen LogP contribution is -2.48. The van der Waals surface area contributed by atoms with Crippen molar-refractivity contribution < 1.29 is 14.5 Å². The molecule has 0 atom stereocenters. The lowest BCUT2D eigenvalue weighted by Gasteiger charge is -2.19. The van der Waals surface area contributed by atoms with Crippen molar-refractivity contribution in [3.8, 4) is 0 Å². The van der Waals surface area contributed by atoms with Gasteiger partial charge in [-0.25, -0.2) is 9.98 Å². The van der Waals surface area contributed by atoms with Crippen LogP contribution in [-0.2, 0) is 9.59 Å². The number of nitro groups is 1. The molecule has 3 aromatic carbocycles. The summed E-state index contributed by atoms with van der Waals surface area (Å²) in [6, 6.07) is 22.6. The largest absolute Gasteiger partial charge is 0.297 e. The van der Waals surface area contributed by atoms with Crippen LogP contribution in [0.15, 0.2) is 93.9 Å². The van der Waals surface area contributed by atoms with Crippen molar-refractivity contribution >= 4 is 62.7 Å². The molecule has 1 aromatic heterocycles. The van der Waals surface area contributed by atoms with Gasteiger partial charge >= 0.3 is 0 Å². The lowest BCUT2D eigenvalue weighted by atomic mass is 10.1. The number of nitrogens with zero attached hydrogens (tertiary/aromatic N) is 4. The second-order valence-corrected chi connectivity index (χ2v) is 9.85. The van der Waals surface area contributed by atoms with Crippen molar-refractivity contribution in [2.45, 2.75) is 4.34 Å². The maximum Gasteiger partial charge on any atom is 0.297 e. The SMILES string of the molecule is O=C(CSc1nc2ccccc2s1)NN1C(=O)/C(=C\c2cccc([N+](=O)[O-])c2)N=C1c1ccccc1. The van der Waals surface area contributed by atoms with Crippen LogP contribution >= 0.6 is 23.1 Å². The van der Waals surface area contributed by atoms with Gasteiger partial charge in [0.1, 0.15) is 5.70 Å². The summed E-state index contributed by atoms with van der Waals surface area (Å²) in [5.41, 5.74) is 4.55. The van der Waals surface area contributed by atoms with Crippen LogP contribution in [-0.4, -0.2) is 38.3 Å².